The van der Waals surface area contributed by atoms with Gasteiger partial charge in [0.25, 0.3) is 11.1 Å². The summed E-state index contributed by atoms with van der Waals surface area (Å²) < 4.78 is 7.15. The summed E-state index contributed by atoms with van der Waals surface area (Å²) in [7, 11) is 0. The summed E-state index contributed by atoms with van der Waals surface area (Å²) in [6.45, 7) is 5.03. The summed E-state index contributed by atoms with van der Waals surface area (Å²) in [5, 5.41) is 20.7. The van der Waals surface area contributed by atoms with E-state index >= 15 is 0 Å². The number of carboxylic acid groups (broad SMARTS) is 1. The lowest BCUT2D eigenvalue weighted by atomic mass is 10.2. The number of rotatable bonds is 6. The molecule has 102 valence electrons. The van der Waals surface area contributed by atoms with Crippen LogP contribution < -0.4 is 0 Å². The van der Waals surface area contributed by atoms with Gasteiger partial charge in [0.05, 0.1) is 0 Å². The van der Waals surface area contributed by atoms with Crippen molar-refractivity contribution in [3.63, 3.8) is 0 Å². The number of aromatic nitrogens is 4. The fourth-order valence-corrected chi connectivity index (χ4v) is 1.93. The standard InChI is InChI=1S/C11H14N4O3S/c1-7(2)5-15-4-3-8(14-15)10-12-13-11(18-10)19-6-9(16)17/h3-4,7H,5-6H2,1-2H3,(H,16,17). The zero-order valence-corrected chi connectivity index (χ0v) is 11.4. The molecule has 2 aromatic heterocycles. The number of nitrogens with zero attached hydrogens (tertiary/aromatic N) is 4. The van der Waals surface area contributed by atoms with Crippen LogP contribution in [-0.2, 0) is 11.3 Å². The Bertz CT molecular complexity index is 564. The van der Waals surface area contributed by atoms with Crippen LogP contribution in [0.5, 0.6) is 0 Å². The number of thioether (sulfide) groups is 1. The molecular formula is C11H14N4O3S. The van der Waals surface area contributed by atoms with Crippen LogP contribution in [-0.4, -0.2) is 36.8 Å². The van der Waals surface area contributed by atoms with Crippen molar-refractivity contribution in [1.29, 1.82) is 0 Å². The Morgan fingerprint density at radius 1 is 1.53 bits per heavy atom. The molecule has 2 heterocycles. The zero-order chi connectivity index (χ0) is 13.8. The van der Waals surface area contributed by atoms with Crippen molar-refractivity contribution in [3.8, 4) is 11.6 Å². The third-order valence-corrected chi connectivity index (χ3v) is 2.94. The minimum atomic E-state index is -0.925. The molecule has 2 rings (SSSR count). The molecule has 7 nitrogen and oxygen atoms in total. The predicted octanol–water partition coefficient (Wildman–Crippen LogP) is 1.77. The molecule has 0 aliphatic heterocycles. The molecule has 0 aliphatic rings. The number of hydrogen-bond donors (Lipinski definition) is 1. The van der Waals surface area contributed by atoms with Crippen LogP contribution >= 0.6 is 11.8 Å². The summed E-state index contributed by atoms with van der Waals surface area (Å²) in [5.74, 6) is -0.234. The minimum absolute atomic E-state index is 0.108. The smallest absolute Gasteiger partial charge is 0.314 e. The van der Waals surface area contributed by atoms with Gasteiger partial charge in [-0.05, 0) is 12.0 Å². The van der Waals surface area contributed by atoms with Gasteiger partial charge in [-0.3, -0.25) is 9.48 Å². The lowest BCUT2D eigenvalue weighted by Crippen LogP contribution is -2.04. The second-order valence-corrected chi connectivity index (χ2v) is 5.30. The van der Waals surface area contributed by atoms with Crippen LogP contribution in [0.3, 0.4) is 0 Å². The average molecular weight is 282 g/mol. The van der Waals surface area contributed by atoms with Crippen molar-refractivity contribution in [2.24, 2.45) is 5.92 Å². The van der Waals surface area contributed by atoms with E-state index in [0.717, 1.165) is 18.3 Å². The van der Waals surface area contributed by atoms with Gasteiger partial charge in [-0.15, -0.1) is 10.2 Å². The SMILES string of the molecule is CC(C)Cn1ccc(-c2nnc(SCC(=O)O)o2)n1. The second kappa shape index (κ2) is 5.87. The summed E-state index contributed by atoms with van der Waals surface area (Å²) in [4.78, 5) is 10.4. The van der Waals surface area contributed by atoms with Gasteiger partial charge < -0.3 is 9.52 Å². The first-order chi connectivity index (χ1) is 9.04. The van der Waals surface area contributed by atoms with Gasteiger partial charge in [-0.25, -0.2) is 0 Å². The van der Waals surface area contributed by atoms with E-state index in [2.05, 4.69) is 29.1 Å². The molecule has 2 aromatic rings. The van der Waals surface area contributed by atoms with Gasteiger partial charge in [0.1, 0.15) is 11.4 Å². The van der Waals surface area contributed by atoms with Gasteiger partial charge in [0.15, 0.2) is 0 Å². The Balaban J connectivity index is 2.05. The summed E-state index contributed by atoms with van der Waals surface area (Å²) in [6, 6.07) is 1.79. The highest BCUT2D eigenvalue weighted by molar-refractivity contribution is 7.99. The Morgan fingerprint density at radius 3 is 3.00 bits per heavy atom. The molecule has 1 N–H and O–H groups in total. The maximum atomic E-state index is 10.4. The zero-order valence-electron chi connectivity index (χ0n) is 10.6. The van der Waals surface area contributed by atoms with Gasteiger partial charge >= 0.3 is 5.97 Å². The minimum Gasteiger partial charge on any atom is -0.481 e. The average Bonchev–Trinajstić information content (AvgIpc) is 2.93. The van der Waals surface area contributed by atoms with Crippen molar-refractivity contribution in [3.05, 3.63) is 12.3 Å². The molecular weight excluding hydrogens is 268 g/mol. The molecule has 0 fully saturated rings. The monoisotopic (exact) mass is 282 g/mol. The van der Waals surface area contributed by atoms with E-state index in [0.29, 0.717) is 17.5 Å². The van der Waals surface area contributed by atoms with E-state index in [1.165, 1.54) is 0 Å². The molecule has 0 saturated carbocycles. The molecule has 0 amide bonds. The van der Waals surface area contributed by atoms with Gasteiger partial charge in [0.2, 0.25) is 0 Å². The molecule has 0 unspecified atom stereocenters. The molecule has 0 saturated heterocycles. The van der Waals surface area contributed by atoms with Crippen LogP contribution in [0, 0.1) is 5.92 Å². The highest BCUT2D eigenvalue weighted by Crippen LogP contribution is 2.21. The Hall–Kier alpha value is -1.83. The van der Waals surface area contributed by atoms with Gasteiger partial charge in [-0.1, -0.05) is 25.6 Å². The topological polar surface area (TPSA) is 94.0 Å². The third-order valence-electron chi connectivity index (χ3n) is 2.14. The number of aliphatic carboxylic acids is 1. The van der Waals surface area contributed by atoms with Crippen LogP contribution in [0.2, 0.25) is 0 Å². The third kappa shape index (κ3) is 3.82. The first-order valence-electron chi connectivity index (χ1n) is 5.76. The summed E-state index contributed by atoms with van der Waals surface area (Å²) in [5.41, 5.74) is 0.593. The Kier molecular flexibility index (Phi) is 4.20. The molecule has 0 aromatic carbocycles. The number of hydrogen-bond acceptors (Lipinski definition) is 6. The van der Waals surface area contributed by atoms with E-state index in [9.17, 15) is 4.79 Å². The van der Waals surface area contributed by atoms with E-state index in [4.69, 9.17) is 9.52 Å². The lowest BCUT2D eigenvalue weighted by Gasteiger charge is -2.03. The second-order valence-electron chi connectivity index (χ2n) is 4.37. The van der Waals surface area contributed by atoms with Crippen LogP contribution in [0.4, 0.5) is 0 Å². The van der Waals surface area contributed by atoms with Crippen molar-refractivity contribution < 1.29 is 14.3 Å². The van der Waals surface area contributed by atoms with E-state index in [1.54, 1.807) is 6.07 Å². The fraction of sp³-hybridized carbons (Fsp3) is 0.455. The highest BCUT2D eigenvalue weighted by atomic mass is 32.2. The number of carbonyl (C=O) groups is 1. The van der Waals surface area contributed by atoms with Crippen molar-refractivity contribution in [2.45, 2.75) is 25.6 Å². The molecule has 19 heavy (non-hydrogen) atoms. The van der Waals surface area contributed by atoms with Crippen LogP contribution in [0.15, 0.2) is 21.9 Å². The van der Waals surface area contributed by atoms with E-state index < -0.39 is 5.97 Å². The molecule has 0 atom stereocenters. The Morgan fingerprint density at radius 2 is 2.32 bits per heavy atom. The van der Waals surface area contributed by atoms with E-state index in [1.807, 2.05) is 10.9 Å². The summed E-state index contributed by atoms with van der Waals surface area (Å²) >= 11 is 0.987. The maximum absolute atomic E-state index is 10.4. The van der Waals surface area contributed by atoms with Crippen LogP contribution in [0.1, 0.15) is 13.8 Å². The van der Waals surface area contributed by atoms with Gasteiger partial charge in [0, 0.05) is 12.7 Å². The van der Waals surface area contributed by atoms with Gasteiger partial charge in [-0.2, -0.15) is 5.10 Å². The predicted molar refractivity (Wildman–Crippen MR) is 68.7 cm³/mol. The first-order valence-corrected chi connectivity index (χ1v) is 6.75. The largest absolute Gasteiger partial charge is 0.481 e. The quantitative estimate of drug-likeness (QED) is 0.807. The van der Waals surface area contributed by atoms with E-state index in [-0.39, 0.29) is 11.0 Å². The highest BCUT2D eigenvalue weighted by Gasteiger charge is 2.13. The molecule has 0 bridgehead atoms. The Labute approximate surface area is 114 Å². The first kappa shape index (κ1) is 13.6. The fourth-order valence-electron chi connectivity index (χ4n) is 1.45. The number of carboxylic acids is 1. The lowest BCUT2D eigenvalue weighted by molar-refractivity contribution is -0.133. The van der Waals surface area contributed by atoms with Crippen molar-refractivity contribution in [1.82, 2.24) is 20.0 Å². The molecule has 0 radical (unpaired) electrons. The van der Waals surface area contributed by atoms with Crippen molar-refractivity contribution in [2.75, 3.05) is 5.75 Å². The van der Waals surface area contributed by atoms with Crippen LogP contribution in [0.25, 0.3) is 11.6 Å². The van der Waals surface area contributed by atoms with Crippen molar-refractivity contribution >= 4 is 17.7 Å². The normalized spacial score (nSPS) is 11.1. The summed E-state index contributed by atoms with van der Waals surface area (Å²) in [6.07, 6.45) is 1.85. The molecule has 0 spiro atoms. The maximum Gasteiger partial charge on any atom is 0.314 e. The molecule has 0 aliphatic carbocycles. The molecule has 8 heteroatoms.